The maximum Gasteiger partial charge on any atom is 0.127 e. The summed E-state index contributed by atoms with van der Waals surface area (Å²) >= 11 is 3.56. The second-order valence-corrected chi connectivity index (χ2v) is 3.65. The molecule has 62 valence electrons. The van der Waals surface area contributed by atoms with Gasteiger partial charge in [-0.2, -0.15) is 5.10 Å². The zero-order valence-electron chi connectivity index (χ0n) is 6.74. The molecule has 0 N–H and O–H groups in total. The number of nitrogens with zero attached hydrogens (tertiary/aromatic N) is 2. The molecule has 0 spiro atoms. The van der Waals surface area contributed by atoms with Gasteiger partial charge in [0.05, 0.1) is 6.21 Å². The molecule has 1 unspecified atom stereocenters. The number of rotatable bonds is 0. The molecule has 3 heteroatoms. The van der Waals surface area contributed by atoms with E-state index in [1.165, 1.54) is 11.1 Å². The van der Waals surface area contributed by atoms with Crippen molar-refractivity contribution in [1.82, 2.24) is 5.01 Å². The molecule has 1 atom stereocenters. The van der Waals surface area contributed by atoms with E-state index in [1.807, 2.05) is 30.4 Å². The van der Waals surface area contributed by atoms with E-state index in [2.05, 4.69) is 33.2 Å². The van der Waals surface area contributed by atoms with Crippen molar-refractivity contribution in [2.24, 2.45) is 5.10 Å². The van der Waals surface area contributed by atoms with Gasteiger partial charge in [-0.15, -0.1) is 0 Å². The van der Waals surface area contributed by atoms with Crippen LogP contribution < -0.4 is 0 Å². The molecule has 0 aliphatic carbocycles. The largest absolute Gasteiger partial charge is 0.282 e. The topological polar surface area (TPSA) is 15.6 Å². The number of hydrogen-bond acceptors (Lipinski definition) is 2. The highest BCUT2D eigenvalue weighted by Crippen LogP contribution is 2.30. The number of hydrazone groups is 1. The van der Waals surface area contributed by atoms with Crippen LogP contribution in [0.25, 0.3) is 0 Å². The van der Waals surface area contributed by atoms with E-state index in [1.54, 1.807) is 0 Å². The summed E-state index contributed by atoms with van der Waals surface area (Å²) in [7, 11) is 1.95. The van der Waals surface area contributed by atoms with Crippen LogP contribution in [0.3, 0.4) is 0 Å². The van der Waals surface area contributed by atoms with Crippen molar-refractivity contribution in [3.8, 4) is 0 Å². The Morgan fingerprint density at radius 1 is 1.42 bits per heavy atom. The van der Waals surface area contributed by atoms with Gasteiger partial charge in [-0.05, 0) is 5.56 Å². The Morgan fingerprint density at radius 2 is 2.17 bits per heavy atom. The standard InChI is InChI=1S/C9H9BrN2/c1-12-9(10)8-5-3-2-4-7(8)6-11-12/h2-6,9H,1H3. The molecular weight excluding hydrogens is 216 g/mol. The summed E-state index contributed by atoms with van der Waals surface area (Å²) in [6.07, 6.45) is 1.88. The SMILES string of the molecule is CN1N=Cc2ccccc2C1Br. The highest BCUT2D eigenvalue weighted by Gasteiger charge is 2.17. The van der Waals surface area contributed by atoms with Crippen LogP contribution in [0.1, 0.15) is 16.1 Å². The molecule has 0 fully saturated rings. The van der Waals surface area contributed by atoms with E-state index in [9.17, 15) is 0 Å². The fourth-order valence-electron chi connectivity index (χ4n) is 1.26. The molecular formula is C9H9BrN2. The summed E-state index contributed by atoms with van der Waals surface area (Å²) < 4.78 is 0. The van der Waals surface area contributed by atoms with E-state index >= 15 is 0 Å². The molecule has 0 radical (unpaired) electrons. The number of halogens is 1. The summed E-state index contributed by atoms with van der Waals surface area (Å²) in [5.41, 5.74) is 2.47. The van der Waals surface area contributed by atoms with Crippen LogP contribution >= 0.6 is 15.9 Å². The molecule has 0 aromatic heterocycles. The third kappa shape index (κ3) is 1.14. The lowest BCUT2D eigenvalue weighted by Crippen LogP contribution is -2.19. The van der Waals surface area contributed by atoms with E-state index in [0.29, 0.717) is 0 Å². The fourth-order valence-corrected chi connectivity index (χ4v) is 1.78. The van der Waals surface area contributed by atoms with Crippen molar-refractivity contribution < 1.29 is 0 Å². The van der Waals surface area contributed by atoms with Crippen LogP contribution in [0.2, 0.25) is 0 Å². The van der Waals surface area contributed by atoms with Crippen LogP contribution in [-0.2, 0) is 0 Å². The van der Waals surface area contributed by atoms with Gasteiger partial charge in [0, 0.05) is 12.6 Å². The summed E-state index contributed by atoms with van der Waals surface area (Å²) in [5, 5.41) is 6.10. The van der Waals surface area contributed by atoms with Crippen molar-refractivity contribution in [1.29, 1.82) is 0 Å². The van der Waals surface area contributed by atoms with Crippen molar-refractivity contribution in [2.45, 2.75) is 4.95 Å². The quantitative estimate of drug-likeness (QED) is 0.488. The number of alkyl halides is 1. The van der Waals surface area contributed by atoms with Gasteiger partial charge in [0.1, 0.15) is 4.95 Å². The van der Waals surface area contributed by atoms with Crippen LogP contribution in [0, 0.1) is 0 Å². The lowest BCUT2D eigenvalue weighted by molar-refractivity contribution is 0.339. The average molecular weight is 225 g/mol. The minimum Gasteiger partial charge on any atom is -0.282 e. The first-order valence-electron chi connectivity index (χ1n) is 3.79. The minimum absolute atomic E-state index is 0.207. The third-order valence-electron chi connectivity index (χ3n) is 1.96. The van der Waals surface area contributed by atoms with Gasteiger partial charge in [-0.25, -0.2) is 0 Å². The first kappa shape index (κ1) is 7.80. The number of benzene rings is 1. The molecule has 0 saturated heterocycles. The van der Waals surface area contributed by atoms with Gasteiger partial charge in [-0.3, -0.25) is 5.01 Å². The summed E-state index contributed by atoms with van der Waals surface area (Å²) in [5.74, 6) is 0. The van der Waals surface area contributed by atoms with Crippen LogP contribution in [-0.4, -0.2) is 18.3 Å². The smallest absolute Gasteiger partial charge is 0.127 e. The predicted octanol–water partition coefficient (Wildman–Crippen LogP) is 2.36. The summed E-state index contributed by atoms with van der Waals surface area (Å²) in [4.78, 5) is 0.207. The van der Waals surface area contributed by atoms with Gasteiger partial charge in [-0.1, -0.05) is 40.2 Å². The normalized spacial score (nSPS) is 20.8. The minimum atomic E-state index is 0.207. The molecule has 12 heavy (non-hydrogen) atoms. The van der Waals surface area contributed by atoms with Gasteiger partial charge in [0.2, 0.25) is 0 Å². The lowest BCUT2D eigenvalue weighted by atomic mass is 10.1. The molecule has 1 aliphatic heterocycles. The molecule has 1 heterocycles. The summed E-state index contributed by atoms with van der Waals surface area (Å²) in [6, 6.07) is 8.24. The van der Waals surface area contributed by atoms with Crippen molar-refractivity contribution >= 4 is 22.1 Å². The Labute approximate surface area is 80.0 Å². The van der Waals surface area contributed by atoms with E-state index in [0.717, 1.165) is 0 Å². The zero-order valence-corrected chi connectivity index (χ0v) is 8.32. The molecule has 0 amide bonds. The molecule has 1 aromatic rings. The predicted molar refractivity (Wildman–Crippen MR) is 53.5 cm³/mol. The lowest BCUT2D eigenvalue weighted by Gasteiger charge is -2.25. The maximum absolute atomic E-state index is 4.21. The Balaban J connectivity index is 2.52. The van der Waals surface area contributed by atoms with Crippen molar-refractivity contribution in [3.05, 3.63) is 35.4 Å². The van der Waals surface area contributed by atoms with Gasteiger partial charge < -0.3 is 0 Å². The first-order valence-corrected chi connectivity index (χ1v) is 4.70. The van der Waals surface area contributed by atoms with Gasteiger partial charge in [0.25, 0.3) is 0 Å². The number of hydrogen-bond donors (Lipinski definition) is 0. The molecule has 0 bridgehead atoms. The number of fused-ring (bicyclic) bond motifs is 1. The monoisotopic (exact) mass is 224 g/mol. The van der Waals surface area contributed by atoms with E-state index in [-0.39, 0.29) is 4.95 Å². The fraction of sp³-hybridized carbons (Fsp3) is 0.222. The van der Waals surface area contributed by atoms with Crippen LogP contribution in [0.15, 0.2) is 29.4 Å². The molecule has 0 saturated carbocycles. The second kappa shape index (κ2) is 2.90. The average Bonchev–Trinajstić information content (AvgIpc) is 2.12. The zero-order chi connectivity index (χ0) is 8.55. The Bertz CT molecular complexity index is 322. The van der Waals surface area contributed by atoms with E-state index in [4.69, 9.17) is 0 Å². The van der Waals surface area contributed by atoms with Crippen LogP contribution in [0.5, 0.6) is 0 Å². The first-order chi connectivity index (χ1) is 5.79. The molecule has 1 aromatic carbocycles. The third-order valence-corrected chi connectivity index (χ3v) is 3.05. The molecule has 1 aliphatic rings. The maximum atomic E-state index is 4.21. The Hall–Kier alpha value is -0.830. The molecule has 2 nitrogen and oxygen atoms in total. The van der Waals surface area contributed by atoms with Crippen molar-refractivity contribution in [3.63, 3.8) is 0 Å². The van der Waals surface area contributed by atoms with Crippen molar-refractivity contribution in [2.75, 3.05) is 7.05 Å². The Kier molecular flexibility index (Phi) is 1.89. The summed E-state index contributed by atoms with van der Waals surface area (Å²) in [6.45, 7) is 0. The highest BCUT2D eigenvalue weighted by molar-refractivity contribution is 9.09. The van der Waals surface area contributed by atoms with Gasteiger partial charge >= 0.3 is 0 Å². The highest BCUT2D eigenvalue weighted by atomic mass is 79.9. The van der Waals surface area contributed by atoms with Crippen LogP contribution in [0.4, 0.5) is 0 Å². The van der Waals surface area contributed by atoms with Gasteiger partial charge in [0.15, 0.2) is 0 Å². The van der Waals surface area contributed by atoms with E-state index < -0.39 is 0 Å². The molecule has 2 rings (SSSR count). The Morgan fingerprint density at radius 3 is 3.00 bits per heavy atom. The second-order valence-electron chi connectivity index (χ2n) is 2.78.